The molecule has 0 fully saturated rings. The number of hydrogen-bond donors (Lipinski definition) is 0. The van der Waals surface area contributed by atoms with Crippen LogP contribution in [0.1, 0.15) is 27.7 Å². The molecule has 3 nitrogen and oxygen atoms in total. The average molecular weight is 477 g/mol. The molecule has 6 rings (SSSR count). The van der Waals surface area contributed by atoms with Crippen LogP contribution in [0.25, 0.3) is 47.7 Å². The molecule has 0 saturated carbocycles. The van der Waals surface area contributed by atoms with Gasteiger partial charge in [-0.3, -0.25) is 0 Å². The lowest BCUT2D eigenvalue weighted by atomic mass is 9.82. The van der Waals surface area contributed by atoms with Gasteiger partial charge in [-0.1, -0.05) is 60.1 Å². The van der Waals surface area contributed by atoms with E-state index in [0.717, 1.165) is 5.46 Å². The average Bonchev–Trinajstić information content (AvgIpc) is 3.38. The van der Waals surface area contributed by atoms with E-state index in [4.69, 9.17) is 9.76 Å². The zero-order valence-corrected chi connectivity index (χ0v) is 21.2. The number of nitrogens with zero attached hydrogens (tertiary/aromatic N) is 1. The van der Waals surface area contributed by atoms with E-state index >= 15 is 0 Å². The number of hydrogen-bond acceptors (Lipinski definition) is 2. The minimum atomic E-state index is -0.717. The highest BCUT2D eigenvalue weighted by molar-refractivity contribution is 7.25. The van der Waals surface area contributed by atoms with Crippen molar-refractivity contribution in [3.05, 3.63) is 84.9 Å². The summed E-state index contributed by atoms with van der Waals surface area (Å²) in [5.41, 5.74) is 3.24. The van der Waals surface area contributed by atoms with Crippen LogP contribution in [0.4, 0.5) is 0 Å². The molecule has 0 atom stereocenters. The molecule has 2 heterocycles. The van der Waals surface area contributed by atoms with E-state index in [1.165, 1.54) is 47.7 Å². The predicted molar refractivity (Wildman–Crippen MR) is 152 cm³/mol. The molecule has 4 aromatic carbocycles. The van der Waals surface area contributed by atoms with Crippen LogP contribution in [-0.2, 0) is 4.65 Å². The number of fused-ring (bicyclic) bond motifs is 6. The minimum absolute atomic E-state index is 0.606. The highest BCUT2D eigenvalue weighted by atomic mass is 32.1. The van der Waals surface area contributed by atoms with E-state index in [-0.39, 0.29) is 0 Å². The van der Waals surface area contributed by atoms with Gasteiger partial charge in [0.1, 0.15) is 5.60 Å². The van der Waals surface area contributed by atoms with Gasteiger partial charge in [0.25, 0.3) is 0 Å². The van der Waals surface area contributed by atoms with Crippen molar-refractivity contribution in [3.63, 3.8) is 0 Å². The molecule has 0 aliphatic rings. The molecule has 5 heteroatoms. The molecule has 0 saturated heterocycles. The summed E-state index contributed by atoms with van der Waals surface area (Å²) in [6, 6.07) is 30.4. The van der Waals surface area contributed by atoms with Crippen molar-refractivity contribution in [3.8, 4) is 5.69 Å². The van der Waals surface area contributed by atoms with Crippen molar-refractivity contribution in [1.82, 2.24) is 4.57 Å². The molecule has 0 amide bonds. The second-order valence-corrected chi connectivity index (χ2v) is 11.3. The van der Waals surface area contributed by atoms with Gasteiger partial charge in [0, 0.05) is 44.8 Å². The Bertz CT molecular complexity index is 1720. The minimum Gasteiger partial charge on any atom is -0.439 e. The van der Waals surface area contributed by atoms with Crippen molar-refractivity contribution in [2.75, 3.05) is 0 Å². The number of rotatable bonds is 5. The van der Waals surface area contributed by atoms with E-state index in [2.05, 4.69) is 89.5 Å². The summed E-state index contributed by atoms with van der Waals surface area (Å²) < 4.78 is 11.1. The van der Waals surface area contributed by atoms with Crippen LogP contribution in [0.15, 0.2) is 84.9 Å². The van der Waals surface area contributed by atoms with Crippen LogP contribution >= 0.6 is 11.3 Å². The maximum Gasteiger partial charge on any atom is 0.331 e. The van der Waals surface area contributed by atoms with Gasteiger partial charge in [0.05, 0.1) is 16.7 Å². The first-order valence-electron chi connectivity index (χ1n) is 11.9. The van der Waals surface area contributed by atoms with Gasteiger partial charge in [-0.05, 0) is 44.2 Å². The van der Waals surface area contributed by atoms with E-state index in [1.807, 2.05) is 39.0 Å². The Balaban J connectivity index is 1.56. The lowest BCUT2D eigenvalue weighted by Crippen LogP contribution is -2.49. The van der Waals surface area contributed by atoms with Gasteiger partial charge in [-0.2, -0.15) is 0 Å². The Hall–Kier alpha value is -3.12. The molecule has 0 bridgehead atoms. The van der Waals surface area contributed by atoms with Crippen molar-refractivity contribution in [1.29, 1.82) is 0 Å². The fourth-order valence-electron chi connectivity index (χ4n) is 4.63. The molecule has 0 aliphatic heterocycles. The Kier molecular flexibility index (Phi) is 5.08. The third-order valence-corrected chi connectivity index (χ3v) is 8.45. The Morgan fingerprint density at radius 3 is 2.23 bits per heavy atom. The molecule has 2 N–H and O–H groups in total. The molecule has 2 aromatic heterocycles. The van der Waals surface area contributed by atoms with Crippen molar-refractivity contribution in [2.24, 2.45) is 0 Å². The maximum atomic E-state index is 8.40. The highest BCUT2D eigenvalue weighted by Gasteiger charge is 2.40. The van der Waals surface area contributed by atoms with E-state index < -0.39 is 11.2 Å². The van der Waals surface area contributed by atoms with E-state index in [0.29, 0.717) is 0 Å². The number of para-hydroxylation sites is 1. The second-order valence-electron chi connectivity index (χ2n) is 10.2. The fraction of sp³-hybridized carbons (Fsp3) is 0.200. The van der Waals surface area contributed by atoms with Crippen LogP contribution in [-0.4, -0.2) is 28.4 Å². The molecule has 0 aliphatic carbocycles. The molecular weight excluding hydrogens is 449 g/mol. The van der Waals surface area contributed by atoms with Crippen LogP contribution in [0, 0.1) is 0 Å². The zero-order valence-electron chi connectivity index (χ0n) is 20.4. The summed E-state index contributed by atoms with van der Waals surface area (Å²) in [5.74, 6) is 0. The van der Waals surface area contributed by atoms with Crippen LogP contribution in [0.5, 0.6) is 0 Å². The number of thiophene rings is 1. The van der Waals surface area contributed by atoms with Crippen LogP contribution in [0.2, 0.25) is 0 Å². The fourth-order valence-corrected chi connectivity index (χ4v) is 5.76. The zero-order chi connectivity index (χ0) is 24.4. The number of aromatic nitrogens is 1. The molecule has 35 heavy (non-hydrogen) atoms. The smallest absolute Gasteiger partial charge is 0.331 e. The first-order valence-corrected chi connectivity index (χ1v) is 12.8. The second kappa shape index (κ2) is 7.96. The summed E-state index contributed by atoms with van der Waals surface area (Å²) in [5, 5.41) is 13.4. The van der Waals surface area contributed by atoms with E-state index in [1.54, 1.807) is 7.48 Å². The molecule has 6 aromatic rings. The SMILES string of the molecule is CC(C)([OH2+])C(C)(C)O[B]c1ccc2c(c1)c1ccccc1n2-c1cccc2sc3ccccc3c12. The highest BCUT2D eigenvalue weighted by Crippen LogP contribution is 2.40. The third-order valence-electron chi connectivity index (χ3n) is 7.31. The summed E-state index contributed by atoms with van der Waals surface area (Å²) >= 11 is 1.85. The largest absolute Gasteiger partial charge is 0.439 e. The first-order chi connectivity index (χ1) is 16.7. The Labute approximate surface area is 209 Å². The maximum absolute atomic E-state index is 8.40. The van der Waals surface area contributed by atoms with E-state index in [9.17, 15) is 0 Å². The molecule has 0 unspecified atom stereocenters. The topological polar surface area (TPSA) is 37.1 Å². The lowest BCUT2D eigenvalue weighted by Gasteiger charge is -2.33. The monoisotopic (exact) mass is 477 g/mol. The first kappa shape index (κ1) is 22.4. The van der Waals surface area contributed by atoms with Gasteiger partial charge in [-0.15, -0.1) is 11.3 Å². The summed E-state index contributed by atoms with van der Waals surface area (Å²) in [4.78, 5) is 0. The Morgan fingerprint density at radius 2 is 1.43 bits per heavy atom. The molecule has 173 valence electrons. The number of benzene rings is 4. The quantitative estimate of drug-likeness (QED) is 0.201. The van der Waals surface area contributed by atoms with Crippen LogP contribution < -0.4 is 5.46 Å². The molecule has 0 spiro atoms. The lowest BCUT2D eigenvalue weighted by molar-refractivity contribution is -0.0893. The van der Waals surface area contributed by atoms with Gasteiger partial charge in [-0.25, -0.2) is 0 Å². The van der Waals surface area contributed by atoms with Gasteiger partial charge < -0.3 is 14.3 Å². The third kappa shape index (κ3) is 3.58. The summed E-state index contributed by atoms with van der Waals surface area (Å²) in [7, 11) is 1.80. The van der Waals surface area contributed by atoms with Crippen LogP contribution in [0.3, 0.4) is 0 Å². The molecular formula is C30H28BNO2S+. The van der Waals surface area contributed by atoms with Gasteiger partial charge in [0.2, 0.25) is 0 Å². The van der Waals surface area contributed by atoms with Crippen molar-refractivity contribution < 1.29 is 9.76 Å². The summed E-state index contributed by atoms with van der Waals surface area (Å²) in [6.07, 6.45) is 0. The van der Waals surface area contributed by atoms with Crippen molar-refractivity contribution in [2.45, 2.75) is 38.9 Å². The summed E-state index contributed by atoms with van der Waals surface area (Å²) in [6.45, 7) is 7.69. The van der Waals surface area contributed by atoms with Crippen molar-refractivity contribution >= 4 is 66.3 Å². The standard InChI is InChI=1S/C30H27BNO2S/c1-29(2,33)30(3,4)34-31-19-16-17-24-22(18-19)20-10-5-7-12-23(20)32(24)25-13-9-15-27-28(25)21-11-6-8-14-26(21)35-27/h5-18,33H,1-4H3/p+1. The van der Waals surface area contributed by atoms with Gasteiger partial charge in [0.15, 0.2) is 5.60 Å². The van der Waals surface area contributed by atoms with Gasteiger partial charge >= 0.3 is 7.48 Å². The predicted octanol–water partition coefficient (Wildman–Crippen LogP) is 6.69. The molecule has 1 radical (unpaired) electrons. The Morgan fingerprint density at radius 1 is 0.743 bits per heavy atom. The normalized spacial score (nSPS) is 12.8.